The highest BCUT2D eigenvalue weighted by atomic mass is 16.5. The zero-order valence-corrected chi connectivity index (χ0v) is 17.9. The van der Waals surface area contributed by atoms with Crippen LogP contribution in [0.1, 0.15) is 56.7 Å². The molecule has 0 saturated carbocycles. The zero-order valence-electron chi connectivity index (χ0n) is 17.9. The van der Waals surface area contributed by atoms with Crippen LogP contribution >= 0.6 is 0 Å². The highest BCUT2D eigenvalue weighted by Gasteiger charge is 2.23. The van der Waals surface area contributed by atoms with Gasteiger partial charge in [-0.05, 0) is 55.9 Å². The third-order valence-electron chi connectivity index (χ3n) is 5.63. The van der Waals surface area contributed by atoms with Crippen molar-refractivity contribution in [2.45, 2.75) is 45.6 Å². The first-order valence-electron chi connectivity index (χ1n) is 10.4. The van der Waals surface area contributed by atoms with E-state index in [4.69, 9.17) is 9.47 Å². The summed E-state index contributed by atoms with van der Waals surface area (Å²) in [5.41, 5.74) is 3.65. The van der Waals surface area contributed by atoms with Gasteiger partial charge in [0, 0.05) is 26.1 Å². The number of rotatable bonds is 7. The Balaban J connectivity index is 1.62. The average molecular weight is 397 g/mol. The van der Waals surface area contributed by atoms with E-state index in [0.717, 1.165) is 48.7 Å². The van der Waals surface area contributed by atoms with E-state index in [0.29, 0.717) is 12.5 Å². The lowest BCUT2D eigenvalue weighted by atomic mass is 9.88. The minimum atomic E-state index is -0.00124. The van der Waals surface area contributed by atoms with Crippen molar-refractivity contribution in [2.75, 3.05) is 31.7 Å². The van der Waals surface area contributed by atoms with Gasteiger partial charge in [0.2, 0.25) is 5.91 Å². The maximum Gasteiger partial charge on any atom is 0.217 e. The second-order valence-corrected chi connectivity index (χ2v) is 7.62. The average Bonchev–Trinajstić information content (AvgIpc) is 2.74. The predicted molar refractivity (Wildman–Crippen MR) is 117 cm³/mol. The van der Waals surface area contributed by atoms with Crippen molar-refractivity contribution in [1.29, 1.82) is 0 Å². The molecule has 1 unspecified atom stereocenters. The number of benzene rings is 2. The van der Waals surface area contributed by atoms with Gasteiger partial charge < -0.3 is 19.7 Å². The molecule has 5 nitrogen and oxygen atoms in total. The number of ether oxygens (including phenoxy) is 2. The first-order valence-corrected chi connectivity index (χ1v) is 10.4. The number of nitrogens with one attached hydrogen (secondary N) is 1. The molecule has 156 valence electrons. The third-order valence-corrected chi connectivity index (χ3v) is 5.63. The molecule has 29 heavy (non-hydrogen) atoms. The van der Waals surface area contributed by atoms with E-state index in [1.165, 1.54) is 5.56 Å². The van der Waals surface area contributed by atoms with Crippen molar-refractivity contribution < 1.29 is 14.3 Å². The minimum absolute atomic E-state index is 0.00124. The van der Waals surface area contributed by atoms with Crippen molar-refractivity contribution in [3.05, 3.63) is 53.6 Å². The molecule has 1 saturated heterocycles. The summed E-state index contributed by atoms with van der Waals surface area (Å²) in [5.74, 6) is 2.27. The van der Waals surface area contributed by atoms with Crippen LogP contribution in [0, 0.1) is 0 Å². The van der Waals surface area contributed by atoms with Crippen LogP contribution in [0.2, 0.25) is 0 Å². The van der Waals surface area contributed by atoms with Crippen LogP contribution in [0.25, 0.3) is 0 Å². The van der Waals surface area contributed by atoms with E-state index in [2.05, 4.69) is 40.5 Å². The van der Waals surface area contributed by atoms with Gasteiger partial charge in [0.15, 0.2) is 0 Å². The number of hydrogen-bond acceptors (Lipinski definition) is 4. The second kappa shape index (κ2) is 9.68. The summed E-state index contributed by atoms with van der Waals surface area (Å²) in [6.07, 6.45) is 2.22. The van der Waals surface area contributed by atoms with Crippen molar-refractivity contribution in [1.82, 2.24) is 5.32 Å². The molecule has 2 aromatic rings. The molecule has 1 heterocycles. The Bertz CT molecular complexity index is 811. The van der Waals surface area contributed by atoms with Gasteiger partial charge in [-0.1, -0.05) is 24.3 Å². The maximum atomic E-state index is 11.3. The van der Waals surface area contributed by atoms with E-state index in [1.54, 1.807) is 14.0 Å². The summed E-state index contributed by atoms with van der Waals surface area (Å²) >= 11 is 0. The molecule has 1 fully saturated rings. The number of hydrogen-bond donors (Lipinski definition) is 1. The van der Waals surface area contributed by atoms with Gasteiger partial charge >= 0.3 is 0 Å². The number of carbonyl (C=O) groups excluding carboxylic acids is 1. The fraction of sp³-hybridized carbons (Fsp3) is 0.458. The van der Waals surface area contributed by atoms with Crippen molar-refractivity contribution >= 4 is 11.6 Å². The highest BCUT2D eigenvalue weighted by Crippen LogP contribution is 2.37. The molecule has 0 radical (unpaired) electrons. The predicted octanol–water partition coefficient (Wildman–Crippen LogP) is 4.68. The second-order valence-electron chi connectivity index (χ2n) is 7.62. The number of amides is 1. The van der Waals surface area contributed by atoms with Crippen molar-refractivity contribution in [2.24, 2.45) is 0 Å². The Morgan fingerprint density at radius 1 is 1.17 bits per heavy atom. The van der Waals surface area contributed by atoms with Crippen LogP contribution in [-0.4, -0.2) is 32.7 Å². The summed E-state index contributed by atoms with van der Waals surface area (Å²) in [5, 5.41) is 2.94. The third kappa shape index (κ3) is 5.22. The van der Waals surface area contributed by atoms with Crippen LogP contribution in [0.3, 0.4) is 0 Å². The van der Waals surface area contributed by atoms with Gasteiger partial charge in [-0.3, -0.25) is 4.79 Å². The number of anilines is 1. The van der Waals surface area contributed by atoms with Crippen molar-refractivity contribution in [3.63, 3.8) is 0 Å². The SMILES string of the molecule is CCOc1ccc(N2CCC(c3ccc(C(C)NC(C)=O)cc3)CC2)c(OC)c1. The number of piperidine rings is 1. The number of methoxy groups -OCH3 is 1. The topological polar surface area (TPSA) is 50.8 Å². The molecule has 0 aromatic heterocycles. The Hall–Kier alpha value is -2.69. The van der Waals surface area contributed by atoms with Crippen LogP contribution in [0.5, 0.6) is 11.5 Å². The van der Waals surface area contributed by atoms with E-state index in [-0.39, 0.29) is 11.9 Å². The van der Waals surface area contributed by atoms with E-state index in [9.17, 15) is 4.79 Å². The molecule has 0 spiro atoms. The van der Waals surface area contributed by atoms with Gasteiger partial charge in [0.05, 0.1) is 25.4 Å². The maximum absolute atomic E-state index is 11.3. The fourth-order valence-electron chi connectivity index (χ4n) is 4.07. The van der Waals surface area contributed by atoms with Gasteiger partial charge in [-0.2, -0.15) is 0 Å². The highest BCUT2D eigenvalue weighted by molar-refractivity contribution is 5.73. The first kappa shape index (κ1) is 21.0. The summed E-state index contributed by atoms with van der Waals surface area (Å²) in [7, 11) is 1.71. The lowest BCUT2D eigenvalue weighted by Crippen LogP contribution is -2.33. The quantitative estimate of drug-likeness (QED) is 0.739. The van der Waals surface area contributed by atoms with Crippen LogP contribution in [0.4, 0.5) is 5.69 Å². The Kier molecular flexibility index (Phi) is 7.02. The zero-order chi connectivity index (χ0) is 20.8. The van der Waals surface area contributed by atoms with Crippen molar-refractivity contribution in [3.8, 4) is 11.5 Å². The normalized spacial score (nSPS) is 15.7. The van der Waals surface area contributed by atoms with Gasteiger partial charge in [-0.25, -0.2) is 0 Å². The molecule has 1 aliphatic heterocycles. The van der Waals surface area contributed by atoms with Gasteiger partial charge in [0.1, 0.15) is 11.5 Å². The Morgan fingerprint density at radius 2 is 1.86 bits per heavy atom. The molecule has 1 aliphatic rings. The molecule has 0 bridgehead atoms. The molecular formula is C24H32N2O3. The Labute approximate surface area is 174 Å². The van der Waals surface area contributed by atoms with Crippen LogP contribution in [-0.2, 0) is 4.79 Å². The molecular weight excluding hydrogens is 364 g/mol. The largest absolute Gasteiger partial charge is 0.494 e. The Morgan fingerprint density at radius 3 is 2.45 bits per heavy atom. The fourth-order valence-corrected chi connectivity index (χ4v) is 4.07. The molecule has 2 aromatic carbocycles. The van der Waals surface area contributed by atoms with Crippen LogP contribution < -0.4 is 19.7 Å². The molecule has 1 N–H and O–H groups in total. The molecule has 1 atom stereocenters. The monoisotopic (exact) mass is 396 g/mol. The smallest absolute Gasteiger partial charge is 0.217 e. The number of carbonyl (C=O) groups is 1. The summed E-state index contributed by atoms with van der Waals surface area (Å²) in [6.45, 7) is 8.20. The minimum Gasteiger partial charge on any atom is -0.494 e. The lowest BCUT2D eigenvalue weighted by Gasteiger charge is -2.34. The van der Waals surface area contributed by atoms with Gasteiger partial charge in [0.25, 0.3) is 0 Å². The molecule has 5 heteroatoms. The van der Waals surface area contributed by atoms with Crippen LogP contribution in [0.15, 0.2) is 42.5 Å². The molecule has 3 rings (SSSR count). The lowest BCUT2D eigenvalue weighted by molar-refractivity contribution is -0.119. The number of nitrogens with zero attached hydrogens (tertiary/aromatic N) is 1. The summed E-state index contributed by atoms with van der Waals surface area (Å²) < 4.78 is 11.2. The van der Waals surface area contributed by atoms with E-state index < -0.39 is 0 Å². The van der Waals surface area contributed by atoms with E-state index in [1.807, 2.05) is 26.0 Å². The molecule has 1 amide bonds. The molecule has 0 aliphatic carbocycles. The summed E-state index contributed by atoms with van der Waals surface area (Å²) in [6, 6.07) is 14.8. The van der Waals surface area contributed by atoms with E-state index >= 15 is 0 Å². The standard InChI is InChI=1S/C24H32N2O3/c1-5-29-22-10-11-23(24(16-22)28-4)26-14-12-21(13-15-26)20-8-6-19(7-9-20)17(2)25-18(3)27/h6-11,16-17,21H,5,12-15H2,1-4H3,(H,25,27). The summed E-state index contributed by atoms with van der Waals surface area (Å²) in [4.78, 5) is 13.7. The van der Waals surface area contributed by atoms with Gasteiger partial charge in [-0.15, -0.1) is 0 Å². The first-order chi connectivity index (χ1) is 14.0.